The van der Waals surface area contributed by atoms with Crippen molar-refractivity contribution in [2.75, 3.05) is 18.9 Å². The standard InChI is InChI=1S/C17H16N4O2/c1-10-14(3-2-6-19-10)21-15-7-11(12-8-23-9-12)4-5-13(15)16(18)20-17(21)22/h2-7,12H,8-9H2,1H3,(H2,18,20,22). The number of hydrogen-bond acceptors (Lipinski definition) is 5. The molecule has 0 spiro atoms. The van der Waals surface area contributed by atoms with Crippen LogP contribution in [-0.4, -0.2) is 27.7 Å². The average Bonchev–Trinajstić information content (AvgIpc) is 2.47. The molecule has 3 heterocycles. The molecule has 2 N–H and O–H groups in total. The zero-order valence-corrected chi connectivity index (χ0v) is 12.7. The van der Waals surface area contributed by atoms with E-state index in [0.717, 1.165) is 27.8 Å². The van der Waals surface area contributed by atoms with Gasteiger partial charge in [0.1, 0.15) is 5.82 Å². The van der Waals surface area contributed by atoms with E-state index in [4.69, 9.17) is 10.5 Å². The van der Waals surface area contributed by atoms with Gasteiger partial charge in [-0.05, 0) is 36.8 Å². The number of ether oxygens (including phenoxy) is 1. The molecule has 0 bridgehead atoms. The van der Waals surface area contributed by atoms with Gasteiger partial charge in [0.05, 0.1) is 30.1 Å². The first-order valence-electron chi connectivity index (χ1n) is 7.47. The van der Waals surface area contributed by atoms with Crippen molar-refractivity contribution in [1.82, 2.24) is 14.5 Å². The van der Waals surface area contributed by atoms with Gasteiger partial charge in [-0.3, -0.25) is 9.55 Å². The summed E-state index contributed by atoms with van der Waals surface area (Å²) in [6.45, 7) is 3.29. The molecule has 116 valence electrons. The van der Waals surface area contributed by atoms with Crippen molar-refractivity contribution < 1.29 is 4.74 Å². The molecule has 1 saturated heterocycles. The molecule has 6 heteroatoms. The quantitative estimate of drug-likeness (QED) is 0.780. The maximum atomic E-state index is 12.5. The maximum absolute atomic E-state index is 12.5. The Balaban J connectivity index is 2.05. The van der Waals surface area contributed by atoms with Crippen LogP contribution in [0.3, 0.4) is 0 Å². The molecule has 23 heavy (non-hydrogen) atoms. The smallest absolute Gasteiger partial charge is 0.354 e. The van der Waals surface area contributed by atoms with Gasteiger partial charge in [-0.15, -0.1) is 0 Å². The second-order valence-electron chi connectivity index (χ2n) is 5.73. The summed E-state index contributed by atoms with van der Waals surface area (Å²) in [6.07, 6.45) is 1.70. The molecule has 1 aliphatic heterocycles. The summed E-state index contributed by atoms with van der Waals surface area (Å²) in [7, 11) is 0. The van der Waals surface area contributed by atoms with Crippen LogP contribution in [0.15, 0.2) is 41.3 Å². The van der Waals surface area contributed by atoms with Gasteiger partial charge in [0, 0.05) is 17.5 Å². The Morgan fingerprint density at radius 3 is 2.83 bits per heavy atom. The third-order valence-electron chi connectivity index (χ3n) is 4.28. The molecule has 0 amide bonds. The second kappa shape index (κ2) is 5.17. The van der Waals surface area contributed by atoms with Crippen molar-refractivity contribution >= 4 is 16.7 Å². The average molecular weight is 308 g/mol. The number of rotatable bonds is 2. The van der Waals surface area contributed by atoms with Crippen LogP contribution in [0.4, 0.5) is 5.82 Å². The highest BCUT2D eigenvalue weighted by Gasteiger charge is 2.22. The Morgan fingerprint density at radius 2 is 2.13 bits per heavy atom. The van der Waals surface area contributed by atoms with Crippen molar-refractivity contribution in [3.63, 3.8) is 0 Å². The SMILES string of the molecule is Cc1ncccc1-n1c(=O)nc(N)c2ccc(C3COC3)cc21. The van der Waals surface area contributed by atoms with Crippen LogP contribution in [-0.2, 0) is 4.74 Å². The van der Waals surface area contributed by atoms with Crippen molar-refractivity contribution in [1.29, 1.82) is 0 Å². The summed E-state index contributed by atoms with van der Waals surface area (Å²) >= 11 is 0. The normalized spacial score (nSPS) is 14.8. The predicted octanol–water partition coefficient (Wildman–Crippen LogP) is 1.79. The molecule has 2 aromatic heterocycles. The number of hydrogen-bond donors (Lipinski definition) is 1. The molecule has 4 rings (SSSR count). The molecular weight excluding hydrogens is 292 g/mol. The highest BCUT2D eigenvalue weighted by molar-refractivity contribution is 5.89. The van der Waals surface area contributed by atoms with Crippen LogP contribution in [0.5, 0.6) is 0 Å². The number of benzene rings is 1. The van der Waals surface area contributed by atoms with E-state index in [-0.39, 0.29) is 5.82 Å². The minimum atomic E-state index is -0.395. The Morgan fingerprint density at radius 1 is 1.30 bits per heavy atom. The van der Waals surface area contributed by atoms with Gasteiger partial charge < -0.3 is 10.5 Å². The Kier molecular flexibility index (Phi) is 3.12. The largest absolute Gasteiger partial charge is 0.383 e. The van der Waals surface area contributed by atoms with E-state index >= 15 is 0 Å². The molecule has 0 unspecified atom stereocenters. The van der Waals surface area contributed by atoms with Crippen molar-refractivity contribution in [2.24, 2.45) is 0 Å². The molecule has 0 atom stereocenters. The van der Waals surface area contributed by atoms with Gasteiger partial charge in [-0.1, -0.05) is 6.07 Å². The fourth-order valence-corrected chi connectivity index (χ4v) is 2.89. The monoisotopic (exact) mass is 308 g/mol. The van der Waals surface area contributed by atoms with Crippen LogP contribution < -0.4 is 11.4 Å². The number of nitrogens with two attached hydrogens (primary N) is 1. The molecule has 1 aromatic carbocycles. The minimum absolute atomic E-state index is 0.249. The number of nitrogen functional groups attached to an aromatic ring is 1. The van der Waals surface area contributed by atoms with Gasteiger partial charge in [0.15, 0.2) is 0 Å². The van der Waals surface area contributed by atoms with Gasteiger partial charge >= 0.3 is 5.69 Å². The lowest BCUT2D eigenvalue weighted by Crippen LogP contribution is -2.26. The molecular formula is C17H16N4O2. The zero-order valence-electron chi connectivity index (χ0n) is 12.7. The molecule has 0 aliphatic carbocycles. The molecule has 0 radical (unpaired) electrons. The van der Waals surface area contributed by atoms with Gasteiger partial charge in [-0.25, -0.2) is 4.79 Å². The molecule has 1 aliphatic rings. The summed E-state index contributed by atoms with van der Waals surface area (Å²) in [5, 5.41) is 0.761. The Bertz CT molecular complexity index is 960. The number of anilines is 1. The van der Waals surface area contributed by atoms with Crippen molar-refractivity contribution in [2.45, 2.75) is 12.8 Å². The second-order valence-corrected chi connectivity index (χ2v) is 5.73. The Labute approximate surface area is 132 Å². The van der Waals surface area contributed by atoms with Crippen molar-refractivity contribution in [3.05, 3.63) is 58.3 Å². The molecule has 0 saturated carbocycles. The lowest BCUT2D eigenvalue weighted by atomic mass is 9.96. The van der Waals surface area contributed by atoms with E-state index in [1.807, 2.05) is 31.2 Å². The lowest BCUT2D eigenvalue weighted by Gasteiger charge is -2.26. The number of aromatic nitrogens is 3. The molecule has 3 aromatic rings. The zero-order chi connectivity index (χ0) is 16.0. The predicted molar refractivity (Wildman–Crippen MR) is 87.8 cm³/mol. The number of pyridine rings is 1. The first kappa shape index (κ1) is 13.9. The topological polar surface area (TPSA) is 83.0 Å². The maximum Gasteiger partial charge on any atom is 0.354 e. The summed E-state index contributed by atoms with van der Waals surface area (Å²) in [6, 6.07) is 9.63. The fraction of sp³-hybridized carbons (Fsp3) is 0.235. The van der Waals surface area contributed by atoms with E-state index < -0.39 is 5.69 Å². The van der Waals surface area contributed by atoms with E-state index in [9.17, 15) is 4.79 Å². The van der Waals surface area contributed by atoms with Crippen LogP contribution in [0, 0.1) is 6.92 Å². The third-order valence-corrected chi connectivity index (χ3v) is 4.28. The van der Waals surface area contributed by atoms with Gasteiger partial charge in [-0.2, -0.15) is 4.98 Å². The van der Waals surface area contributed by atoms with Gasteiger partial charge in [0.25, 0.3) is 0 Å². The third kappa shape index (κ3) is 2.19. The highest BCUT2D eigenvalue weighted by Crippen LogP contribution is 2.29. The van der Waals surface area contributed by atoms with E-state index in [1.54, 1.807) is 16.8 Å². The van der Waals surface area contributed by atoms with E-state index in [1.165, 1.54) is 0 Å². The van der Waals surface area contributed by atoms with Crippen LogP contribution >= 0.6 is 0 Å². The first-order chi connectivity index (χ1) is 11.1. The number of aryl methyl sites for hydroxylation is 1. The molecule has 1 fully saturated rings. The summed E-state index contributed by atoms with van der Waals surface area (Å²) in [5.41, 5.74) is 8.93. The van der Waals surface area contributed by atoms with Crippen molar-refractivity contribution in [3.8, 4) is 5.69 Å². The highest BCUT2D eigenvalue weighted by atomic mass is 16.5. The van der Waals surface area contributed by atoms with Crippen LogP contribution in [0.1, 0.15) is 17.2 Å². The van der Waals surface area contributed by atoms with E-state index in [2.05, 4.69) is 9.97 Å². The van der Waals surface area contributed by atoms with Crippen LogP contribution in [0.25, 0.3) is 16.6 Å². The minimum Gasteiger partial charge on any atom is -0.383 e. The fourth-order valence-electron chi connectivity index (χ4n) is 2.89. The van der Waals surface area contributed by atoms with Gasteiger partial charge in [0.2, 0.25) is 0 Å². The lowest BCUT2D eigenvalue weighted by molar-refractivity contribution is 0.00847. The summed E-state index contributed by atoms with van der Waals surface area (Å²) < 4.78 is 6.85. The van der Waals surface area contributed by atoms with Crippen LogP contribution in [0.2, 0.25) is 0 Å². The summed E-state index contributed by atoms with van der Waals surface area (Å²) in [4.78, 5) is 20.7. The number of nitrogens with zero attached hydrogens (tertiary/aromatic N) is 3. The number of fused-ring (bicyclic) bond motifs is 1. The van der Waals surface area contributed by atoms with E-state index in [0.29, 0.717) is 19.1 Å². The Hall–Kier alpha value is -2.73. The summed E-state index contributed by atoms with van der Waals surface area (Å²) in [5.74, 6) is 0.617. The first-order valence-corrected chi connectivity index (χ1v) is 7.47. The molecule has 6 nitrogen and oxygen atoms in total.